The Morgan fingerprint density at radius 3 is 1.39 bits per heavy atom. The molecule has 0 amide bonds. The van der Waals surface area contributed by atoms with Gasteiger partial charge in [-0.3, -0.25) is 0 Å². The highest BCUT2D eigenvalue weighted by molar-refractivity contribution is 7.00. The summed E-state index contributed by atoms with van der Waals surface area (Å²) in [6, 6.07) is 30.4. The molecule has 0 saturated heterocycles. The fourth-order valence-corrected chi connectivity index (χ4v) is 6.93. The Morgan fingerprint density at radius 1 is 0.545 bits per heavy atom. The third kappa shape index (κ3) is 3.29. The Hall–Kier alpha value is -3.96. The van der Waals surface area contributed by atoms with Crippen molar-refractivity contribution in [1.82, 2.24) is 19.1 Å². The molecule has 0 spiro atoms. The van der Waals surface area contributed by atoms with E-state index in [1.54, 1.807) is 0 Å². The number of aromatic nitrogens is 4. The van der Waals surface area contributed by atoms with Crippen LogP contribution in [0.25, 0.3) is 33.4 Å². The summed E-state index contributed by atoms with van der Waals surface area (Å²) < 4.78 is 4.30. The molecule has 0 fully saturated rings. The van der Waals surface area contributed by atoms with Gasteiger partial charge in [0.05, 0.1) is 0 Å². The second kappa shape index (κ2) is 7.57. The molecule has 4 aromatic heterocycles. The quantitative estimate of drug-likeness (QED) is 0.351. The van der Waals surface area contributed by atoms with Crippen molar-refractivity contribution >= 4 is 40.5 Å². The maximum absolute atomic E-state index is 4.55. The van der Waals surface area contributed by atoms with Gasteiger partial charge in [-0.05, 0) is 60.7 Å². The number of rotatable bonds is 4. The third-order valence-electron chi connectivity index (χ3n) is 6.63. The van der Waals surface area contributed by atoms with Crippen LogP contribution < -0.4 is 10.4 Å². The van der Waals surface area contributed by atoms with Gasteiger partial charge in [0, 0.05) is 46.9 Å². The van der Waals surface area contributed by atoms with E-state index in [1.165, 1.54) is 10.4 Å². The Bertz CT molecular complexity index is 1460. The average Bonchev–Trinajstić information content (AvgIpc) is 3.49. The van der Waals surface area contributed by atoms with Crippen molar-refractivity contribution in [2.24, 2.45) is 0 Å². The first kappa shape index (κ1) is 19.7. The number of nitrogens with zero attached hydrogens (tertiary/aromatic N) is 4. The molecule has 0 aliphatic rings. The second-order valence-corrected chi connectivity index (χ2v) is 13.3. The molecule has 0 N–H and O–H groups in total. The van der Waals surface area contributed by atoms with E-state index in [0.717, 1.165) is 33.4 Å². The van der Waals surface area contributed by atoms with E-state index < -0.39 is 8.07 Å². The molecule has 33 heavy (non-hydrogen) atoms. The van der Waals surface area contributed by atoms with Crippen molar-refractivity contribution in [3.05, 3.63) is 110 Å². The molecule has 4 heterocycles. The highest BCUT2D eigenvalue weighted by atomic mass is 28.3. The van der Waals surface area contributed by atoms with Gasteiger partial charge in [0.25, 0.3) is 0 Å². The van der Waals surface area contributed by atoms with Gasteiger partial charge >= 0.3 is 0 Å². The van der Waals surface area contributed by atoms with E-state index in [4.69, 9.17) is 0 Å². The van der Waals surface area contributed by atoms with Gasteiger partial charge in [0.2, 0.25) is 0 Å². The smallest absolute Gasteiger partial charge is 0.144 e. The fraction of sp³-hybridized carbons (Fsp3) is 0.0714. The molecule has 0 unspecified atom stereocenters. The van der Waals surface area contributed by atoms with Crippen LogP contribution in [0.5, 0.6) is 0 Å². The first-order valence-electron chi connectivity index (χ1n) is 11.2. The Kier molecular flexibility index (Phi) is 4.52. The zero-order chi connectivity index (χ0) is 22.4. The van der Waals surface area contributed by atoms with E-state index in [-0.39, 0.29) is 0 Å². The molecule has 0 aliphatic heterocycles. The van der Waals surface area contributed by atoms with Gasteiger partial charge in [0.1, 0.15) is 11.3 Å². The minimum Gasteiger partial charge on any atom is -0.301 e. The molecule has 2 aromatic carbocycles. The second-order valence-electron chi connectivity index (χ2n) is 8.92. The molecular formula is C28H24N4Si-. The zero-order valence-electron chi connectivity index (χ0n) is 18.7. The van der Waals surface area contributed by atoms with Crippen molar-refractivity contribution in [3.63, 3.8) is 0 Å². The van der Waals surface area contributed by atoms with E-state index in [0.29, 0.717) is 0 Å². The average molecular weight is 445 g/mol. The standard InChI is InChI=1S/C28H24N4Si/c1-33(2,25-11-7-23(8-12-25)31-19-15-21-5-3-17-29-27(21)31)26-13-9-24(10-14-26)32-20-16-22-6-4-18-30-28(22)32/h3-20H,1-2H3/q-1. The van der Waals surface area contributed by atoms with Gasteiger partial charge in [-0.15, -0.1) is 0 Å². The van der Waals surface area contributed by atoms with Crippen molar-refractivity contribution < 1.29 is 0 Å². The molecule has 0 radical (unpaired) electrons. The van der Waals surface area contributed by atoms with Crippen molar-refractivity contribution in [2.45, 2.75) is 13.1 Å². The van der Waals surface area contributed by atoms with Crippen LogP contribution in [-0.2, 0) is 0 Å². The molecule has 6 aromatic rings. The van der Waals surface area contributed by atoms with Crippen LogP contribution in [0.1, 0.15) is 0 Å². The predicted octanol–water partition coefficient (Wildman–Crippen LogP) is 5.19. The molecule has 0 atom stereocenters. The predicted molar refractivity (Wildman–Crippen MR) is 139 cm³/mol. The maximum Gasteiger partial charge on any atom is 0.144 e. The summed E-state index contributed by atoms with van der Waals surface area (Å²) in [7, 11) is -1.83. The summed E-state index contributed by atoms with van der Waals surface area (Å²) in [4.78, 5) is 9.10. The zero-order valence-corrected chi connectivity index (χ0v) is 19.7. The van der Waals surface area contributed by atoms with Crippen LogP contribution in [0.15, 0.2) is 110 Å². The monoisotopic (exact) mass is 444 g/mol. The van der Waals surface area contributed by atoms with Crippen molar-refractivity contribution in [3.8, 4) is 11.4 Å². The van der Waals surface area contributed by atoms with Gasteiger partial charge in [-0.1, -0.05) is 32.3 Å². The largest absolute Gasteiger partial charge is 0.301 e. The van der Waals surface area contributed by atoms with E-state index in [2.05, 4.69) is 117 Å². The first-order valence-corrected chi connectivity index (χ1v) is 14.2. The van der Waals surface area contributed by atoms with Gasteiger partial charge in [-0.2, -0.15) is 23.5 Å². The van der Waals surface area contributed by atoms with E-state index in [1.807, 2.05) is 24.5 Å². The topological polar surface area (TPSA) is 35.6 Å². The summed E-state index contributed by atoms with van der Waals surface area (Å²) in [5.74, 6) is 0. The molecule has 0 saturated carbocycles. The summed E-state index contributed by atoms with van der Waals surface area (Å²) in [5.41, 5.74) is 4.26. The number of benzene rings is 2. The number of fused-ring (bicyclic) bond motifs is 2. The summed E-state index contributed by atoms with van der Waals surface area (Å²) in [5, 5.41) is 5.14. The van der Waals surface area contributed by atoms with Crippen LogP contribution in [0, 0.1) is 0 Å². The van der Waals surface area contributed by atoms with Crippen molar-refractivity contribution in [2.75, 3.05) is 0 Å². The normalized spacial score (nSPS) is 11.9. The minimum atomic E-state index is -1.83. The summed E-state index contributed by atoms with van der Waals surface area (Å²) in [6.45, 7) is 4.83. The van der Waals surface area contributed by atoms with Crippen molar-refractivity contribution in [1.29, 1.82) is 0 Å². The highest BCUT2D eigenvalue weighted by Gasteiger charge is 2.14. The van der Waals surface area contributed by atoms with Crippen LogP contribution >= 0.6 is 0 Å². The lowest BCUT2D eigenvalue weighted by Crippen LogP contribution is -2.52. The highest BCUT2D eigenvalue weighted by Crippen LogP contribution is 2.20. The molecule has 161 valence electrons. The first-order chi connectivity index (χ1) is 16.1. The van der Waals surface area contributed by atoms with Gasteiger partial charge in [-0.25, -0.2) is 9.97 Å². The van der Waals surface area contributed by atoms with Crippen LogP contribution in [0.2, 0.25) is 13.1 Å². The SMILES string of the molecule is C[Si-](C)(c1ccc(-n2ccc3cccnc32)cc1)c1ccc(-n2ccc3cccnc32)cc1. The van der Waals surface area contributed by atoms with Crippen LogP contribution in [0.4, 0.5) is 0 Å². The minimum absolute atomic E-state index is 0.990. The lowest BCUT2D eigenvalue weighted by atomic mass is 10.3. The number of pyridine rings is 2. The molecule has 0 bridgehead atoms. The summed E-state index contributed by atoms with van der Waals surface area (Å²) >= 11 is 0. The molecule has 5 heteroatoms. The number of hydrogen-bond acceptors (Lipinski definition) is 2. The van der Waals surface area contributed by atoms with Crippen LogP contribution in [0.3, 0.4) is 0 Å². The van der Waals surface area contributed by atoms with E-state index in [9.17, 15) is 0 Å². The summed E-state index contributed by atoms with van der Waals surface area (Å²) in [6.07, 6.45) is 7.88. The number of hydrogen-bond donors (Lipinski definition) is 0. The van der Waals surface area contributed by atoms with E-state index >= 15 is 0 Å². The lowest BCUT2D eigenvalue weighted by molar-refractivity contribution is 1.09. The van der Waals surface area contributed by atoms with Crippen LogP contribution in [-0.4, -0.2) is 27.2 Å². The lowest BCUT2D eigenvalue weighted by Gasteiger charge is -2.36. The van der Waals surface area contributed by atoms with Gasteiger partial charge < -0.3 is 9.13 Å². The third-order valence-corrected chi connectivity index (χ3v) is 10.2. The molecule has 6 rings (SSSR count). The Labute approximate surface area is 193 Å². The molecule has 0 aliphatic carbocycles. The molecular weight excluding hydrogens is 420 g/mol. The molecule has 4 nitrogen and oxygen atoms in total. The fourth-order valence-electron chi connectivity index (χ4n) is 4.59. The Morgan fingerprint density at radius 2 is 0.970 bits per heavy atom. The van der Waals surface area contributed by atoms with Gasteiger partial charge in [0.15, 0.2) is 0 Å². The Balaban J connectivity index is 1.31. The maximum atomic E-state index is 4.55.